The Balaban J connectivity index is 3.04. The largest absolute Gasteiger partial charge is 0.397 e. The van der Waals surface area contributed by atoms with Crippen molar-refractivity contribution in [2.45, 2.75) is 6.92 Å². The molecule has 0 spiro atoms. The van der Waals surface area contributed by atoms with E-state index in [2.05, 4.69) is 16.8 Å². The van der Waals surface area contributed by atoms with Crippen LogP contribution in [0, 0.1) is 18.8 Å². The van der Waals surface area contributed by atoms with Gasteiger partial charge in [0.1, 0.15) is 0 Å². The Morgan fingerprint density at radius 1 is 1.67 bits per heavy atom. The van der Waals surface area contributed by atoms with Crippen LogP contribution in [0.4, 0.5) is 5.69 Å². The number of rotatable bonds is 0. The Morgan fingerprint density at radius 2 is 2.42 bits per heavy atom. The molecule has 1 heterocycles. The molecule has 3 heteroatoms. The summed E-state index contributed by atoms with van der Waals surface area (Å²) in [7, 11) is 0. The highest BCUT2D eigenvalue weighted by Crippen LogP contribution is 2.07. The van der Waals surface area contributed by atoms with Crippen LogP contribution in [0.25, 0.3) is 0 Å². The first-order chi connectivity index (χ1) is 5.74. The second-order valence-corrected chi connectivity index (χ2v) is 2.29. The Morgan fingerprint density at radius 3 is 3.00 bits per heavy atom. The summed E-state index contributed by atoms with van der Waals surface area (Å²) < 4.78 is 0. The minimum Gasteiger partial charge on any atom is -0.397 e. The maximum Gasteiger partial charge on any atom is 0.193 e. The highest BCUT2D eigenvalue weighted by molar-refractivity contribution is 5.74. The number of nitrogen functional groups attached to an aromatic ring is 1. The third kappa shape index (κ3) is 1.83. The van der Waals surface area contributed by atoms with Gasteiger partial charge in [-0.15, -0.1) is 0 Å². The summed E-state index contributed by atoms with van der Waals surface area (Å²) in [5.74, 6) is 4.89. The van der Waals surface area contributed by atoms with E-state index in [1.54, 1.807) is 12.3 Å². The van der Waals surface area contributed by atoms with Crippen molar-refractivity contribution in [3.8, 4) is 11.8 Å². The summed E-state index contributed by atoms with van der Waals surface area (Å²) in [5.41, 5.74) is 7.59. The number of aldehydes is 1. The van der Waals surface area contributed by atoms with Crippen molar-refractivity contribution in [3.05, 3.63) is 23.5 Å². The van der Waals surface area contributed by atoms with E-state index in [1.807, 2.05) is 6.92 Å². The maximum atomic E-state index is 9.90. The average molecular weight is 160 g/mol. The normalized spacial score (nSPS) is 8.42. The predicted molar refractivity (Wildman–Crippen MR) is 46.3 cm³/mol. The van der Waals surface area contributed by atoms with E-state index in [0.717, 1.165) is 5.69 Å². The minimum absolute atomic E-state index is 0.538. The van der Waals surface area contributed by atoms with Gasteiger partial charge in [-0.2, -0.15) is 0 Å². The topological polar surface area (TPSA) is 56.0 Å². The number of nitrogens with two attached hydrogens (primary N) is 1. The number of hydrogen-bond donors (Lipinski definition) is 1. The molecule has 0 bridgehead atoms. The van der Waals surface area contributed by atoms with Gasteiger partial charge in [0.05, 0.1) is 11.4 Å². The van der Waals surface area contributed by atoms with E-state index in [9.17, 15) is 4.79 Å². The molecule has 1 aromatic heterocycles. The molecule has 0 amide bonds. The van der Waals surface area contributed by atoms with Crippen LogP contribution in [-0.2, 0) is 4.79 Å². The van der Waals surface area contributed by atoms with Crippen molar-refractivity contribution in [2.75, 3.05) is 5.73 Å². The first-order valence-corrected chi connectivity index (χ1v) is 3.41. The number of nitrogens with zero attached hydrogens (tertiary/aromatic N) is 1. The van der Waals surface area contributed by atoms with Gasteiger partial charge in [0.15, 0.2) is 6.29 Å². The molecule has 0 aliphatic carbocycles. The zero-order chi connectivity index (χ0) is 8.97. The Kier molecular flexibility index (Phi) is 2.44. The number of carbonyl (C=O) groups excluding carboxylic acids is 1. The average Bonchev–Trinajstić information content (AvgIpc) is 2.07. The molecule has 1 aromatic rings. The van der Waals surface area contributed by atoms with Gasteiger partial charge >= 0.3 is 0 Å². The number of anilines is 1. The first-order valence-electron chi connectivity index (χ1n) is 3.41. The van der Waals surface area contributed by atoms with E-state index >= 15 is 0 Å². The van der Waals surface area contributed by atoms with Crippen molar-refractivity contribution in [3.63, 3.8) is 0 Å². The second kappa shape index (κ2) is 3.54. The van der Waals surface area contributed by atoms with Crippen LogP contribution in [0.1, 0.15) is 11.3 Å². The molecule has 0 fully saturated rings. The number of carbonyl (C=O) groups is 1. The predicted octanol–water partition coefficient (Wildman–Crippen LogP) is 0.523. The van der Waals surface area contributed by atoms with Gasteiger partial charge in [0, 0.05) is 11.8 Å². The summed E-state index contributed by atoms with van der Waals surface area (Å²) in [5, 5.41) is 0. The first kappa shape index (κ1) is 8.28. The van der Waals surface area contributed by atoms with Crippen molar-refractivity contribution in [2.24, 2.45) is 0 Å². The molecule has 0 saturated carbocycles. The third-order valence-corrected chi connectivity index (χ3v) is 1.40. The molecule has 0 radical (unpaired) electrons. The lowest BCUT2D eigenvalue weighted by molar-refractivity contribution is -0.103. The van der Waals surface area contributed by atoms with Crippen LogP contribution >= 0.6 is 0 Å². The van der Waals surface area contributed by atoms with Crippen molar-refractivity contribution in [1.29, 1.82) is 0 Å². The zero-order valence-electron chi connectivity index (χ0n) is 6.66. The maximum absolute atomic E-state index is 9.90. The fraction of sp³-hybridized carbons (Fsp3) is 0.111. The summed E-state index contributed by atoms with van der Waals surface area (Å²) in [6, 6.07) is 1.69. The van der Waals surface area contributed by atoms with Gasteiger partial charge in [-0.3, -0.25) is 9.78 Å². The third-order valence-electron chi connectivity index (χ3n) is 1.40. The van der Waals surface area contributed by atoms with Gasteiger partial charge < -0.3 is 5.73 Å². The number of pyridine rings is 1. The van der Waals surface area contributed by atoms with Crippen LogP contribution < -0.4 is 5.73 Å². The van der Waals surface area contributed by atoms with E-state index in [1.165, 1.54) is 0 Å². The molecule has 3 nitrogen and oxygen atoms in total. The molecular formula is C9H8N2O. The molecule has 2 N–H and O–H groups in total. The summed E-state index contributed by atoms with van der Waals surface area (Å²) in [6.07, 6.45) is 2.12. The fourth-order valence-corrected chi connectivity index (χ4v) is 0.731. The van der Waals surface area contributed by atoms with E-state index < -0.39 is 0 Å². The second-order valence-electron chi connectivity index (χ2n) is 2.29. The lowest BCUT2D eigenvalue weighted by Crippen LogP contribution is -1.93. The summed E-state index contributed by atoms with van der Waals surface area (Å²) in [6.45, 7) is 1.81. The molecule has 0 saturated heterocycles. The summed E-state index contributed by atoms with van der Waals surface area (Å²) in [4.78, 5) is 13.9. The standard InChI is InChI=1S/C9H8N2O/c1-7-9(10)5-8(6-11-7)3-2-4-12/h4-6H,10H2,1H3. The van der Waals surface area contributed by atoms with Crippen LogP contribution in [0.15, 0.2) is 12.3 Å². The minimum atomic E-state index is 0.538. The quantitative estimate of drug-likeness (QED) is 0.444. The highest BCUT2D eigenvalue weighted by Gasteiger charge is 1.94. The van der Waals surface area contributed by atoms with Gasteiger partial charge in [-0.05, 0) is 18.9 Å². The van der Waals surface area contributed by atoms with E-state index in [0.29, 0.717) is 17.5 Å². The monoisotopic (exact) mass is 160 g/mol. The molecule has 0 aliphatic heterocycles. The van der Waals surface area contributed by atoms with Crippen LogP contribution in [0.5, 0.6) is 0 Å². The molecule has 60 valence electrons. The van der Waals surface area contributed by atoms with Gasteiger partial charge in [0.25, 0.3) is 0 Å². The number of hydrogen-bond acceptors (Lipinski definition) is 3. The lowest BCUT2D eigenvalue weighted by Gasteiger charge is -1.97. The lowest BCUT2D eigenvalue weighted by atomic mass is 10.2. The Labute approximate surface area is 70.6 Å². The smallest absolute Gasteiger partial charge is 0.193 e. The van der Waals surface area contributed by atoms with Crippen LogP contribution in [0.2, 0.25) is 0 Å². The molecular weight excluding hydrogens is 152 g/mol. The Hall–Kier alpha value is -1.82. The summed E-state index contributed by atoms with van der Waals surface area (Å²) >= 11 is 0. The molecule has 0 aromatic carbocycles. The highest BCUT2D eigenvalue weighted by atomic mass is 16.1. The van der Waals surface area contributed by atoms with Crippen LogP contribution in [-0.4, -0.2) is 11.3 Å². The van der Waals surface area contributed by atoms with Crippen molar-refractivity contribution >= 4 is 12.0 Å². The number of aryl methyl sites for hydroxylation is 1. The van der Waals surface area contributed by atoms with Gasteiger partial charge in [0.2, 0.25) is 0 Å². The van der Waals surface area contributed by atoms with E-state index in [4.69, 9.17) is 5.73 Å². The van der Waals surface area contributed by atoms with Gasteiger partial charge in [-0.25, -0.2) is 0 Å². The van der Waals surface area contributed by atoms with Crippen molar-refractivity contribution in [1.82, 2.24) is 4.98 Å². The van der Waals surface area contributed by atoms with Gasteiger partial charge in [-0.1, -0.05) is 5.92 Å². The van der Waals surface area contributed by atoms with Crippen LogP contribution in [0.3, 0.4) is 0 Å². The zero-order valence-corrected chi connectivity index (χ0v) is 6.66. The Bertz CT molecular complexity index is 361. The molecule has 0 atom stereocenters. The fourth-order valence-electron chi connectivity index (χ4n) is 0.731. The molecule has 0 unspecified atom stereocenters. The SMILES string of the molecule is Cc1ncc(C#CC=O)cc1N. The molecule has 0 aliphatic rings. The molecule has 1 rings (SSSR count). The van der Waals surface area contributed by atoms with E-state index in [-0.39, 0.29) is 0 Å². The number of aromatic nitrogens is 1. The van der Waals surface area contributed by atoms with Crippen molar-refractivity contribution < 1.29 is 4.79 Å². The molecule has 12 heavy (non-hydrogen) atoms.